The van der Waals surface area contributed by atoms with Gasteiger partial charge in [0.05, 0.1) is 0 Å². The third kappa shape index (κ3) is 2.94. The lowest BCUT2D eigenvalue weighted by Crippen LogP contribution is -2.37. The lowest BCUT2D eigenvalue weighted by atomic mass is 10.3. The van der Waals surface area contributed by atoms with Gasteiger partial charge in [-0.3, -0.25) is 4.79 Å². The summed E-state index contributed by atoms with van der Waals surface area (Å²) in [4.78, 5) is 11.3. The van der Waals surface area contributed by atoms with Crippen LogP contribution in [-0.4, -0.2) is 37.8 Å². The summed E-state index contributed by atoms with van der Waals surface area (Å²) in [5.41, 5.74) is 0. The highest BCUT2D eigenvalue weighted by Gasteiger charge is 2.33. The van der Waals surface area contributed by atoms with Crippen LogP contribution in [0.15, 0.2) is 16.3 Å². The number of nitrogens with one attached hydrogen (secondary N) is 1. The van der Waals surface area contributed by atoms with Crippen LogP contribution < -0.4 is 5.32 Å². The molecule has 1 amide bonds. The van der Waals surface area contributed by atoms with Gasteiger partial charge in [-0.05, 0) is 18.6 Å². The third-order valence-electron chi connectivity index (χ3n) is 2.84. The number of nitrogens with zero attached hydrogens (tertiary/aromatic N) is 2. The Morgan fingerprint density at radius 1 is 1.58 bits per heavy atom. The van der Waals surface area contributed by atoms with Crippen molar-refractivity contribution in [2.24, 2.45) is 0 Å². The molecule has 0 radical (unpaired) electrons. The molecule has 2 heterocycles. The molecule has 6 nitrogen and oxygen atoms in total. The number of thiophene rings is 1. The average Bonchev–Trinajstić information content (AvgIpc) is 2.96. The highest BCUT2D eigenvalue weighted by atomic mass is 32.2. The predicted octanol–water partition coefficient (Wildman–Crippen LogP) is 0.519. The van der Waals surface area contributed by atoms with Crippen molar-refractivity contribution in [1.82, 2.24) is 9.62 Å². The van der Waals surface area contributed by atoms with E-state index in [-0.39, 0.29) is 22.7 Å². The van der Waals surface area contributed by atoms with Gasteiger partial charge in [-0.25, -0.2) is 8.42 Å². The Kier molecular flexibility index (Phi) is 3.89. The SMILES string of the molecule is CC(=O)NC1CCN(S(=O)(=O)c2ccc(C#N)s2)C1. The molecule has 1 aromatic rings. The first kappa shape index (κ1) is 14.0. The van der Waals surface area contributed by atoms with E-state index in [9.17, 15) is 13.2 Å². The summed E-state index contributed by atoms with van der Waals surface area (Å²) in [7, 11) is -3.55. The minimum atomic E-state index is -3.55. The zero-order valence-electron chi connectivity index (χ0n) is 10.3. The molecular formula is C11H13N3O3S2. The summed E-state index contributed by atoms with van der Waals surface area (Å²) in [5, 5.41) is 11.4. The maximum Gasteiger partial charge on any atom is 0.252 e. The normalized spacial score (nSPS) is 20.1. The number of carbonyl (C=O) groups is 1. The summed E-state index contributed by atoms with van der Waals surface area (Å²) < 4.78 is 26.1. The number of sulfonamides is 1. The van der Waals surface area contributed by atoms with E-state index >= 15 is 0 Å². The summed E-state index contributed by atoms with van der Waals surface area (Å²) in [5.74, 6) is -0.160. The van der Waals surface area contributed by atoms with E-state index in [0.29, 0.717) is 17.8 Å². The molecule has 0 aliphatic carbocycles. The van der Waals surface area contributed by atoms with E-state index in [1.807, 2.05) is 6.07 Å². The van der Waals surface area contributed by atoms with Crippen molar-refractivity contribution < 1.29 is 13.2 Å². The zero-order chi connectivity index (χ0) is 14.0. The lowest BCUT2D eigenvalue weighted by Gasteiger charge is -2.15. The molecule has 8 heteroatoms. The molecule has 1 atom stereocenters. The quantitative estimate of drug-likeness (QED) is 0.881. The van der Waals surface area contributed by atoms with Crippen molar-refractivity contribution in [2.45, 2.75) is 23.6 Å². The van der Waals surface area contributed by atoms with Gasteiger partial charge < -0.3 is 5.32 Å². The lowest BCUT2D eigenvalue weighted by molar-refractivity contribution is -0.119. The van der Waals surface area contributed by atoms with Crippen molar-refractivity contribution in [2.75, 3.05) is 13.1 Å². The smallest absolute Gasteiger partial charge is 0.252 e. The summed E-state index contributed by atoms with van der Waals surface area (Å²) >= 11 is 0.964. The van der Waals surface area contributed by atoms with Crippen LogP contribution in [0.3, 0.4) is 0 Å². The standard InChI is InChI=1S/C11H13N3O3S2/c1-8(15)13-9-4-5-14(7-9)19(16,17)11-3-2-10(6-12)18-11/h2-3,9H,4-5,7H2,1H3,(H,13,15). The number of rotatable bonds is 3. The largest absolute Gasteiger partial charge is 0.352 e. The van der Waals surface area contributed by atoms with Crippen LogP contribution in [0.5, 0.6) is 0 Å². The molecule has 1 aliphatic heterocycles. The first-order valence-electron chi connectivity index (χ1n) is 5.70. The second-order valence-electron chi connectivity index (χ2n) is 4.28. The zero-order valence-corrected chi connectivity index (χ0v) is 11.9. The molecule has 0 spiro atoms. The molecule has 0 aromatic carbocycles. The fraction of sp³-hybridized carbons (Fsp3) is 0.455. The molecule has 102 valence electrons. The fourth-order valence-electron chi connectivity index (χ4n) is 2.00. The maximum absolute atomic E-state index is 12.3. The highest BCUT2D eigenvalue weighted by Crippen LogP contribution is 2.26. The number of amides is 1. The Bertz CT molecular complexity index is 630. The molecule has 1 unspecified atom stereocenters. The summed E-state index contributed by atoms with van der Waals surface area (Å²) in [6.07, 6.45) is 0.606. The molecule has 0 saturated carbocycles. The average molecular weight is 299 g/mol. The van der Waals surface area contributed by atoms with Crippen LogP contribution in [0, 0.1) is 11.3 Å². The van der Waals surface area contributed by atoms with E-state index in [2.05, 4.69) is 5.32 Å². The van der Waals surface area contributed by atoms with Gasteiger partial charge >= 0.3 is 0 Å². The van der Waals surface area contributed by atoms with Crippen molar-refractivity contribution in [3.8, 4) is 6.07 Å². The Labute approximate surface area is 115 Å². The molecule has 2 rings (SSSR count). The van der Waals surface area contributed by atoms with Crippen molar-refractivity contribution in [1.29, 1.82) is 5.26 Å². The molecule has 1 aliphatic rings. The van der Waals surface area contributed by atoms with Gasteiger partial charge in [0, 0.05) is 26.1 Å². The van der Waals surface area contributed by atoms with E-state index in [0.717, 1.165) is 11.3 Å². The molecule has 19 heavy (non-hydrogen) atoms. The van der Waals surface area contributed by atoms with Gasteiger partial charge in [-0.1, -0.05) is 0 Å². The van der Waals surface area contributed by atoms with Gasteiger partial charge in [0.15, 0.2) is 0 Å². The van der Waals surface area contributed by atoms with E-state index in [1.54, 1.807) is 0 Å². The maximum atomic E-state index is 12.3. The number of nitriles is 1. The first-order valence-corrected chi connectivity index (χ1v) is 7.96. The van der Waals surface area contributed by atoms with E-state index in [1.165, 1.54) is 23.4 Å². The third-order valence-corrected chi connectivity index (χ3v) is 6.17. The predicted molar refractivity (Wildman–Crippen MR) is 70.0 cm³/mol. The van der Waals surface area contributed by atoms with Crippen LogP contribution in [0.25, 0.3) is 0 Å². The van der Waals surface area contributed by atoms with Crippen LogP contribution in [0.1, 0.15) is 18.2 Å². The Morgan fingerprint density at radius 2 is 2.32 bits per heavy atom. The monoisotopic (exact) mass is 299 g/mol. The van der Waals surface area contributed by atoms with Gasteiger partial charge in [0.2, 0.25) is 5.91 Å². The number of hydrogen-bond donors (Lipinski definition) is 1. The molecule has 1 N–H and O–H groups in total. The van der Waals surface area contributed by atoms with Crippen LogP contribution in [0.4, 0.5) is 0 Å². The summed E-state index contributed by atoms with van der Waals surface area (Å²) in [6, 6.07) is 4.73. The van der Waals surface area contributed by atoms with Gasteiger partial charge in [-0.2, -0.15) is 9.57 Å². The molecule has 1 fully saturated rings. The molecule has 1 saturated heterocycles. The van der Waals surface area contributed by atoms with Crippen LogP contribution in [0.2, 0.25) is 0 Å². The minimum Gasteiger partial charge on any atom is -0.352 e. The Balaban J connectivity index is 2.14. The minimum absolute atomic E-state index is 0.136. The highest BCUT2D eigenvalue weighted by molar-refractivity contribution is 7.91. The van der Waals surface area contributed by atoms with Crippen LogP contribution >= 0.6 is 11.3 Å². The number of carbonyl (C=O) groups excluding carboxylic acids is 1. The Morgan fingerprint density at radius 3 is 2.89 bits per heavy atom. The fourth-order valence-corrected chi connectivity index (χ4v) is 4.76. The second kappa shape index (κ2) is 5.28. The van der Waals surface area contributed by atoms with Crippen molar-refractivity contribution in [3.05, 3.63) is 17.0 Å². The van der Waals surface area contributed by atoms with E-state index in [4.69, 9.17) is 5.26 Å². The number of hydrogen-bond acceptors (Lipinski definition) is 5. The van der Waals surface area contributed by atoms with E-state index < -0.39 is 10.0 Å². The summed E-state index contributed by atoms with van der Waals surface area (Å²) in [6.45, 7) is 2.07. The van der Waals surface area contributed by atoms with Crippen molar-refractivity contribution >= 4 is 27.3 Å². The van der Waals surface area contributed by atoms with Crippen molar-refractivity contribution in [3.63, 3.8) is 0 Å². The first-order chi connectivity index (χ1) is 8.93. The van der Waals surface area contributed by atoms with Gasteiger partial charge in [-0.15, -0.1) is 11.3 Å². The Hall–Kier alpha value is -1.43. The molecule has 1 aromatic heterocycles. The van der Waals surface area contributed by atoms with Gasteiger partial charge in [0.25, 0.3) is 10.0 Å². The molecular weight excluding hydrogens is 286 g/mol. The van der Waals surface area contributed by atoms with Gasteiger partial charge in [0.1, 0.15) is 15.2 Å². The molecule has 0 bridgehead atoms. The van der Waals surface area contributed by atoms with Crippen LogP contribution in [-0.2, 0) is 14.8 Å². The second-order valence-corrected chi connectivity index (χ2v) is 7.53. The topological polar surface area (TPSA) is 90.3 Å².